The zero-order valence-electron chi connectivity index (χ0n) is 16.3. The molecule has 1 amide bonds. The Morgan fingerprint density at radius 2 is 1.77 bits per heavy atom. The molecule has 30 heavy (non-hydrogen) atoms. The van der Waals surface area contributed by atoms with Gasteiger partial charge in [0.05, 0.1) is 11.6 Å². The summed E-state index contributed by atoms with van der Waals surface area (Å²) in [5.74, 6) is -1.27. The topological polar surface area (TPSA) is 86.8 Å². The van der Waals surface area contributed by atoms with Gasteiger partial charge in [0.1, 0.15) is 11.6 Å². The van der Waals surface area contributed by atoms with Crippen molar-refractivity contribution in [2.24, 2.45) is 5.73 Å². The first-order valence-corrected chi connectivity index (χ1v) is 11.6. The lowest BCUT2D eigenvalue weighted by Gasteiger charge is -2.45. The number of carbonyl (C=O) groups excluding carboxylic acids is 1. The van der Waals surface area contributed by atoms with E-state index in [1.807, 2.05) is 30.3 Å². The summed E-state index contributed by atoms with van der Waals surface area (Å²) < 4.78 is 48.0. The molecule has 1 saturated heterocycles. The van der Waals surface area contributed by atoms with Gasteiger partial charge in [-0.25, -0.2) is 8.78 Å². The fraction of sp³-hybridized carbons (Fsp3) is 0.318. The molecule has 4 N–H and O–H groups in total. The average molecular weight is 435 g/mol. The Hall–Kier alpha value is -2.26. The van der Waals surface area contributed by atoms with E-state index in [2.05, 4.69) is 0 Å². The number of nitrogens with zero attached hydrogens (tertiary/aromatic N) is 1. The number of nitrogens with two attached hydrogens (primary N) is 1. The fourth-order valence-corrected chi connectivity index (χ4v) is 5.66. The average Bonchev–Trinajstić information content (AvgIpc) is 3.17. The van der Waals surface area contributed by atoms with E-state index in [0.29, 0.717) is 5.57 Å². The van der Waals surface area contributed by atoms with Gasteiger partial charge in [-0.15, -0.1) is 0 Å². The van der Waals surface area contributed by atoms with Crippen molar-refractivity contribution in [3.63, 3.8) is 0 Å². The van der Waals surface area contributed by atoms with E-state index >= 15 is 0 Å². The maximum Gasteiger partial charge on any atom is 0.243 e. The van der Waals surface area contributed by atoms with E-state index in [-0.39, 0.29) is 42.4 Å². The predicted molar refractivity (Wildman–Crippen MR) is 114 cm³/mol. The highest BCUT2D eigenvalue weighted by Gasteiger charge is 2.45. The van der Waals surface area contributed by atoms with Crippen LogP contribution in [0.25, 0.3) is 5.57 Å². The Labute approximate surface area is 175 Å². The van der Waals surface area contributed by atoms with Gasteiger partial charge in [0.2, 0.25) is 5.91 Å². The van der Waals surface area contributed by atoms with Gasteiger partial charge in [0.25, 0.3) is 0 Å². The molecule has 2 aliphatic rings. The molecule has 2 heterocycles. The van der Waals surface area contributed by atoms with Crippen LogP contribution in [-0.4, -0.2) is 43.5 Å². The highest BCUT2D eigenvalue weighted by Crippen LogP contribution is 2.47. The standard InChI is InChI=1S/C22H24F2N2O3S/c23-17-6-7-19(24)18(13-17)16-12-20(15-4-2-1-3-5-15)26(14-16)21(27)22(25)8-10-30(28,29)11-9-22/h1-7,12-13,20,28-29H,8-11,14,25H2. The van der Waals surface area contributed by atoms with Crippen LogP contribution in [0.3, 0.4) is 0 Å². The number of hydrogen-bond donors (Lipinski definition) is 3. The Balaban J connectivity index is 1.68. The molecule has 2 aromatic rings. The molecule has 8 heteroatoms. The van der Waals surface area contributed by atoms with E-state index in [1.165, 1.54) is 0 Å². The van der Waals surface area contributed by atoms with Crippen LogP contribution in [0.5, 0.6) is 0 Å². The van der Waals surface area contributed by atoms with E-state index < -0.39 is 33.8 Å². The number of hydrogen-bond acceptors (Lipinski definition) is 4. The third kappa shape index (κ3) is 4.00. The SMILES string of the molecule is NC1(C(=O)N2CC(c3cc(F)ccc3F)=CC2c2ccccc2)CCS(O)(O)CC1. The van der Waals surface area contributed by atoms with Crippen LogP contribution in [0, 0.1) is 11.6 Å². The molecule has 0 spiro atoms. The van der Waals surface area contributed by atoms with Gasteiger partial charge < -0.3 is 10.6 Å². The maximum absolute atomic E-state index is 14.4. The summed E-state index contributed by atoms with van der Waals surface area (Å²) in [5.41, 5.74) is 6.67. The Morgan fingerprint density at radius 1 is 1.10 bits per heavy atom. The maximum atomic E-state index is 14.4. The van der Waals surface area contributed by atoms with Gasteiger partial charge in [0, 0.05) is 23.6 Å². The summed E-state index contributed by atoms with van der Waals surface area (Å²) in [6.45, 7) is 0.0912. The first-order chi connectivity index (χ1) is 14.2. The Morgan fingerprint density at radius 3 is 2.43 bits per heavy atom. The summed E-state index contributed by atoms with van der Waals surface area (Å²) in [5, 5.41) is 0. The summed E-state index contributed by atoms with van der Waals surface area (Å²) >= 11 is 0. The van der Waals surface area contributed by atoms with Crippen molar-refractivity contribution < 1.29 is 22.7 Å². The van der Waals surface area contributed by atoms with E-state index in [4.69, 9.17) is 5.73 Å². The minimum absolute atomic E-state index is 0.0812. The van der Waals surface area contributed by atoms with Crippen molar-refractivity contribution in [3.05, 3.63) is 77.4 Å². The van der Waals surface area contributed by atoms with Crippen molar-refractivity contribution in [2.45, 2.75) is 24.4 Å². The van der Waals surface area contributed by atoms with Crippen LogP contribution >= 0.6 is 10.6 Å². The van der Waals surface area contributed by atoms with E-state index in [9.17, 15) is 22.7 Å². The molecule has 2 aromatic carbocycles. The quantitative estimate of drug-likeness (QED) is 0.677. The first kappa shape index (κ1) is 21.0. The van der Waals surface area contributed by atoms with E-state index in [1.54, 1.807) is 11.0 Å². The third-order valence-electron chi connectivity index (χ3n) is 5.89. The van der Waals surface area contributed by atoms with Crippen LogP contribution in [0.2, 0.25) is 0 Å². The zero-order chi connectivity index (χ0) is 21.5. The minimum Gasteiger partial charge on any atom is -0.326 e. The van der Waals surface area contributed by atoms with Gasteiger partial charge in [-0.1, -0.05) is 36.4 Å². The molecule has 2 aliphatic heterocycles. The number of amides is 1. The molecule has 0 aromatic heterocycles. The molecule has 0 aliphatic carbocycles. The molecule has 1 unspecified atom stereocenters. The lowest BCUT2D eigenvalue weighted by Crippen LogP contribution is -2.58. The van der Waals surface area contributed by atoms with Crippen LogP contribution in [0.4, 0.5) is 8.78 Å². The van der Waals surface area contributed by atoms with Gasteiger partial charge in [-0.05, 0) is 42.2 Å². The molecule has 0 radical (unpaired) electrons. The van der Waals surface area contributed by atoms with Crippen molar-refractivity contribution >= 4 is 22.1 Å². The number of halogens is 2. The van der Waals surface area contributed by atoms with Gasteiger partial charge in [-0.3, -0.25) is 13.9 Å². The highest BCUT2D eigenvalue weighted by atomic mass is 32.3. The summed E-state index contributed by atoms with van der Waals surface area (Å²) in [6.07, 6.45) is 2.09. The molecule has 5 nitrogen and oxygen atoms in total. The van der Waals surface area contributed by atoms with Gasteiger partial charge in [0.15, 0.2) is 0 Å². The third-order valence-corrected chi connectivity index (χ3v) is 7.60. The summed E-state index contributed by atoms with van der Waals surface area (Å²) in [4.78, 5) is 15.1. The smallest absolute Gasteiger partial charge is 0.243 e. The minimum atomic E-state index is -2.70. The predicted octanol–water partition coefficient (Wildman–Crippen LogP) is 4.17. The van der Waals surface area contributed by atoms with Crippen LogP contribution in [0.1, 0.15) is 30.0 Å². The molecular weight excluding hydrogens is 410 g/mol. The fourth-order valence-electron chi connectivity index (χ4n) is 4.08. The van der Waals surface area contributed by atoms with Gasteiger partial charge in [-0.2, -0.15) is 10.6 Å². The second-order valence-corrected chi connectivity index (χ2v) is 10.4. The van der Waals surface area contributed by atoms with Crippen molar-refractivity contribution in [1.29, 1.82) is 0 Å². The second-order valence-electron chi connectivity index (χ2n) is 7.97. The summed E-state index contributed by atoms with van der Waals surface area (Å²) in [6, 6.07) is 12.1. The molecular formula is C22H24F2N2O3S. The Kier molecular flexibility index (Phi) is 5.44. The van der Waals surface area contributed by atoms with Crippen molar-refractivity contribution in [3.8, 4) is 0 Å². The number of rotatable bonds is 3. The molecule has 1 atom stereocenters. The molecule has 0 bridgehead atoms. The highest BCUT2D eigenvalue weighted by molar-refractivity contribution is 8.24. The number of benzene rings is 2. The van der Waals surface area contributed by atoms with E-state index in [0.717, 1.165) is 23.8 Å². The summed E-state index contributed by atoms with van der Waals surface area (Å²) in [7, 11) is -2.70. The van der Waals surface area contributed by atoms with Crippen molar-refractivity contribution in [2.75, 3.05) is 18.1 Å². The largest absolute Gasteiger partial charge is 0.326 e. The molecule has 0 saturated carbocycles. The normalized spacial score (nSPS) is 23.7. The Bertz CT molecular complexity index is 987. The van der Waals surface area contributed by atoms with Crippen LogP contribution < -0.4 is 5.73 Å². The van der Waals surface area contributed by atoms with Gasteiger partial charge >= 0.3 is 0 Å². The molecule has 1 fully saturated rings. The zero-order valence-corrected chi connectivity index (χ0v) is 17.1. The van der Waals surface area contributed by atoms with Crippen LogP contribution in [-0.2, 0) is 4.79 Å². The lowest BCUT2D eigenvalue weighted by molar-refractivity contribution is -0.137. The second kappa shape index (κ2) is 7.77. The lowest BCUT2D eigenvalue weighted by atomic mass is 9.91. The first-order valence-electron chi connectivity index (χ1n) is 9.73. The van der Waals surface area contributed by atoms with Crippen molar-refractivity contribution in [1.82, 2.24) is 4.90 Å². The van der Waals surface area contributed by atoms with Crippen LogP contribution in [0.15, 0.2) is 54.6 Å². The molecule has 4 rings (SSSR count). The number of carbonyl (C=O) groups is 1. The molecule has 160 valence electrons. The monoisotopic (exact) mass is 434 g/mol.